The number of carbonyl (C=O) groups is 2. The van der Waals surface area contributed by atoms with Crippen molar-refractivity contribution in [3.63, 3.8) is 0 Å². The van der Waals surface area contributed by atoms with Gasteiger partial charge in [-0.15, -0.1) is 0 Å². The number of ether oxygens (including phenoxy) is 1. The van der Waals surface area contributed by atoms with Gasteiger partial charge >= 0.3 is 0 Å². The van der Waals surface area contributed by atoms with Gasteiger partial charge in [-0.05, 0) is 61.5 Å². The molecule has 2 N–H and O–H groups in total. The molecule has 5 nitrogen and oxygen atoms in total. The van der Waals surface area contributed by atoms with E-state index in [-0.39, 0.29) is 11.8 Å². The third-order valence-corrected chi connectivity index (χ3v) is 4.85. The molecule has 0 fully saturated rings. The second-order valence-corrected chi connectivity index (χ2v) is 7.58. The average Bonchev–Trinajstić information content (AvgIpc) is 2.73. The van der Waals surface area contributed by atoms with E-state index >= 15 is 0 Å². The molecule has 0 aromatic heterocycles. The number of hydrogen-bond acceptors (Lipinski definition) is 3. The van der Waals surface area contributed by atoms with E-state index in [4.69, 9.17) is 27.9 Å². The number of rotatable bonds is 6. The van der Waals surface area contributed by atoms with Gasteiger partial charge in [0, 0.05) is 33.6 Å². The van der Waals surface area contributed by atoms with Gasteiger partial charge in [-0.25, -0.2) is 0 Å². The molecule has 3 aromatic carbocycles. The van der Waals surface area contributed by atoms with Crippen LogP contribution in [0.1, 0.15) is 21.5 Å². The molecule has 0 spiro atoms. The Morgan fingerprint density at radius 3 is 2.26 bits per heavy atom. The smallest absolute Gasteiger partial charge is 0.255 e. The van der Waals surface area contributed by atoms with Crippen LogP contribution in [0.4, 0.5) is 11.4 Å². The van der Waals surface area contributed by atoms with E-state index < -0.39 is 0 Å². The van der Waals surface area contributed by atoms with Gasteiger partial charge in [0.25, 0.3) is 5.91 Å². The van der Waals surface area contributed by atoms with Crippen LogP contribution in [-0.2, 0) is 4.79 Å². The second kappa shape index (κ2) is 10.2. The van der Waals surface area contributed by atoms with Gasteiger partial charge in [0.15, 0.2) is 0 Å². The maximum atomic E-state index is 12.3. The molecule has 0 aliphatic rings. The molecular formula is C24H20Cl2N2O3. The first kappa shape index (κ1) is 22.4. The van der Waals surface area contributed by atoms with E-state index in [1.54, 1.807) is 48.5 Å². The van der Waals surface area contributed by atoms with Gasteiger partial charge in [0.2, 0.25) is 5.91 Å². The van der Waals surface area contributed by atoms with Crippen molar-refractivity contribution < 1.29 is 14.3 Å². The van der Waals surface area contributed by atoms with Crippen molar-refractivity contribution in [2.24, 2.45) is 0 Å². The topological polar surface area (TPSA) is 67.4 Å². The highest BCUT2D eigenvalue weighted by Gasteiger charge is 2.09. The minimum Gasteiger partial charge on any atom is -0.495 e. The number of anilines is 2. The summed E-state index contributed by atoms with van der Waals surface area (Å²) in [6, 6.07) is 17.4. The average molecular weight is 455 g/mol. The summed E-state index contributed by atoms with van der Waals surface area (Å²) in [7, 11) is 1.49. The zero-order valence-corrected chi connectivity index (χ0v) is 18.4. The van der Waals surface area contributed by atoms with Gasteiger partial charge in [-0.3, -0.25) is 9.59 Å². The molecule has 0 heterocycles. The lowest BCUT2D eigenvalue weighted by molar-refractivity contribution is -0.111. The lowest BCUT2D eigenvalue weighted by Gasteiger charge is -2.08. The highest BCUT2D eigenvalue weighted by molar-refractivity contribution is 6.36. The predicted octanol–water partition coefficient (Wildman–Crippen LogP) is 6.21. The number of methoxy groups -OCH3 is 1. The molecule has 2 amide bonds. The number of hydrogen-bond donors (Lipinski definition) is 2. The summed E-state index contributed by atoms with van der Waals surface area (Å²) < 4.78 is 5.26. The third-order valence-electron chi connectivity index (χ3n) is 4.35. The summed E-state index contributed by atoms with van der Waals surface area (Å²) in [6.45, 7) is 1.93. The molecule has 0 saturated heterocycles. The highest BCUT2D eigenvalue weighted by atomic mass is 35.5. The third kappa shape index (κ3) is 6.10. The molecule has 7 heteroatoms. The van der Waals surface area contributed by atoms with Crippen molar-refractivity contribution in [2.75, 3.05) is 17.7 Å². The molecule has 0 saturated carbocycles. The molecule has 31 heavy (non-hydrogen) atoms. The molecule has 3 aromatic rings. The maximum Gasteiger partial charge on any atom is 0.255 e. The number of nitrogens with one attached hydrogen (secondary N) is 2. The largest absolute Gasteiger partial charge is 0.495 e. The minimum atomic E-state index is -0.338. The first-order chi connectivity index (χ1) is 14.9. The fourth-order valence-electron chi connectivity index (χ4n) is 2.90. The van der Waals surface area contributed by atoms with Crippen LogP contribution in [0.5, 0.6) is 5.75 Å². The van der Waals surface area contributed by atoms with Crippen molar-refractivity contribution >= 4 is 52.5 Å². The number of carbonyl (C=O) groups excluding carboxylic acids is 2. The predicted molar refractivity (Wildman–Crippen MR) is 126 cm³/mol. The van der Waals surface area contributed by atoms with Crippen molar-refractivity contribution in [3.8, 4) is 5.75 Å². The number of aryl methyl sites for hydroxylation is 1. The number of benzene rings is 3. The molecule has 3 rings (SSSR count). The van der Waals surface area contributed by atoms with Crippen LogP contribution in [0.2, 0.25) is 10.0 Å². The Balaban J connectivity index is 1.63. The summed E-state index contributed by atoms with van der Waals surface area (Å²) in [4.78, 5) is 24.6. The first-order valence-electron chi connectivity index (χ1n) is 9.36. The zero-order chi connectivity index (χ0) is 22.4. The number of amides is 2. The first-order valence-corrected chi connectivity index (χ1v) is 10.1. The van der Waals surface area contributed by atoms with E-state index in [2.05, 4.69) is 10.6 Å². The van der Waals surface area contributed by atoms with Crippen LogP contribution in [0.25, 0.3) is 6.08 Å². The lowest BCUT2D eigenvalue weighted by atomic mass is 10.1. The lowest BCUT2D eigenvalue weighted by Crippen LogP contribution is -2.12. The van der Waals surface area contributed by atoms with Crippen LogP contribution in [0, 0.1) is 6.92 Å². The van der Waals surface area contributed by atoms with E-state index in [1.807, 2.05) is 25.1 Å². The second-order valence-electron chi connectivity index (χ2n) is 6.73. The van der Waals surface area contributed by atoms with Crippen LogP contribution < -0.4 is 15.4 Å². The van der Waals surface area contributed by atoms with Crippen molar-refractivity contribution in [2.45, 2.75) is 6.92 Å². The van der Waals surface area contributed by atoms with E-state index in [0.717, 1.165) is 5.56 Å². The Labute approximate surface area is 190 Å². The summed E-state index contributed by atoms with van der Waals surface area (Å²) in [5.74, 6) is -0.101. The summed E-state index contributed by atoms with van der Waals surface area (Å²) in [6.07, 6.45) is 2.93. The standard InChI is InChI=1S/C24H20Cl2N2O3/c1-15-4-3-5-17(12-15)24(30)28-20-9-7-19(8-10-20)27-22(29)11-6-16-13-18(25)14-21(26)23(16)31-2/h3-14H,1-2H3,(H,27,29)(H,28,30)/b11-6+. The SMILES string of the molecule is COc1c(Cl)cc(Cl)cc1/C=C/C(=O)Nc1ccc(NC(=O)c2cccc(C)c2)cc1. The van der Waals surface area contributed by atoms with Gasteiger partial charge in [-0.1, -0.05) is 40.9 Å². The molecule has 0 radical (unpaired) electrons. The molecule has 0 atom stereocenters. The Kier molecular flexibility index (Phi) is 7.34. The number of halogens is 2. The van der Waals surface area contributed by atoms with Gasteiger partial charge < -0.3 is 15.4 Å². The van der Waals surface area contributed by atoms with Gasteiger partial charge in [0.05, 0.1) is 12.1 Å². The van der Waals surface area contributed by atoms with E-state index in [1.165, 1.54) is 13.2 Å². The van der Waals surface area contributed by atoms with Crippen molar-refractivity contribution in [3.05, 3.63) is 93.5 Å². The van der Waals surface area contributed by atoms with Crippen molar-refractivity contribution in [1.82, 2.24) is 0 Å². The Hall–Kier alpha value is -3.28. The van der Waals surface area contributed by atoms with Crippen LogP contribution >= 0.6 is 23.2 Å². The van der Waals surface area contributed by atoms with Crippen LogP contribution in [0.3, 0.4) is 0 Å². The van der Waals surface area contributed by atoms with Crippen LogP contribution in [0.15, 0.2) is 66.7 Å². The molecule has 0 unspecified atom stereocenters. The summed E-state index contributed by atoms with van der Waals surface area (Å²) >= 11 is 12.1. The van der Waals surface area contributed by atoms with Gasteiger partial charge in [-0.2, -0.15) is 0 Å². The molecule has 0 aliphatic heterocycles. The normalized spacial score (nSPS) is 10.7. The van der Waals surface area contributed by atoms with E-state index in [9.17, 15) is 9.59 Å². The molecule has 0 aliphatic carbocycles. The maximum absolute atomic E-state index is 12.3. The summed E-state index contributed by atoms with van der Waals surface area (Å²) in [5.41, 5.74) is 3.39. The molecular weight excluding hydrogens is 435 g/mol. The highest BCUT2D eigenvalue weighted by Crippen LogP contribution is 2.33. The fourth-order valence-corrected chi connectivity index (χ4v) is 3.48. The Morgan fingerprint density at radius 1 is 0.935 bits per heavy atom. The zero-order valence-electron chi connectivity index (χ0n) is 16.9. The Morgan fingerprint density at radius 2 is 1.61 bits per heavy atom. The van der Waals surface area contributed by atoms with Crippen molar-refractivity contribution in [1.29, 1.82) is 0 Å². The van der Waals surface area contributed by atoms with E-state index in [0.29, 0.717) is 38.3 Å². The Bertz CT molecular complexity index is 1140. The van der Waals surface area contributed by atoms with Crippen LogP contribution in [-0.4, -0.2) is 18.9 Å². The summed E-state index contributed by atoms with van der Waals surface area (Å²) in [5, 5.41) is 6.38. The molecule has 0 bridgehead atoms. The minimum absolute atomic E-state index is 0.197. The van der Waals surface area contributed by atoms with Gasteiger partial charge in [0.1, 0.15) is 5.75 Å². The quantitative estimate of drug-likeness (QED) is 0.434. The molecule has 158 valence electrons. The monoisotopic (exact) mass is 454 g/mol. The fraction of sp³-hybridized carbons (Fsp3) is 0.0833.